The normalized spacial score (nSPS) is 28.6. The van der Waals surface area contributed by atoms with Crippen LogP contribution in [0.25, 0.3) is 0 Å². The van der Waals surface area contributed by atoms with Gasteiger partial charge in [-0.15, -0.1) is 0 Å². The van der Waals surface area contributed by atoms with Crippen molar-refractivity contribution in [1.82, 2.24) is 0 Å². The molecule has 0 aliphatic heterocycles. The molecule has 2 aliphatic carbocycles. The number of unbranched alkanes of at least 4 members (excludes halogenated alkanes) is 1. The van der Waals surface area contributed by atoms with Crippen LogP contribution in [-0.4, -0.2) is 23.7 Å². The van der Waals surface area contributed by atoms with E-state index in [-0.39, 0.29) is 12.4 Å². The predicted molar refractivity (Wildman–Crippen MR) is 65.9 cm³/mol. The average Bonchev–Trinajstić information content (AvgIpc) is 2.93. The van der Waals surface area contributed by atoms with Crippen LogP contribution in [0.2, 0.25) is 0 Å². The summed E-state index contributed by atoms with van der Waals surface area (Å²) in [6, 6.07) is 0. The number of carboxylic acids is 1. The van der Waals surface area contributed by atoms with E-state index in [1.807, 2.05) is 0 Å². The van der Waals surface area contributed by atoms with E-state index in [0.717, 1.165) is 6.42 Å². The number of rotatable bonds is 7. The van der Waals surface area contributed by atoms with Crippen molar-refractivity contribution in [3.8, 4) is 0 Å². The summed E-state index contributed by atoms with van der Waals surface area (Å²) < 4.78 is 5.27. The van der Waals surface area contributed by atoms with Gasteiger partial charge in [-0.2, -0.15) is 0 Å². The van der Waals surface area contributed by atoms with Crippen molar-refractivity contribution in [2.45, 2.75) is 38.5 Å². The summed E-state index contributed by atoms with van der Waals surface area (Å²) in [4.78, 5) is 21.8. The minimum Gasteiger partial charge on any atom is -0.481 e. The molecule has 0 spiro atoms. The molecule has 18 heavy (non-hydrogen) atoms. The minimum absolute atomic E-state index is 0.129. The van der Waals surface area contributed by atoms with E-state index in [2.05, 4.69) is 12.2 Å². The number of carbonyl (C=O) groups excluding carboxylic acids is 1. The Labute approximate surface area is 107 Å². The highest BCUT2D eigenvalue weighted by Crippen LogP contribution is 2.43. The van der Waals surface area contributed by atoms with Gasteiger partial charge in [-0.25, -0.2) is 0 Å². The summed E-state index contributed by atoms with van der Waals surface area (Å²) in [5.74, 6) is 0.816. The summed E-state index contributed by atoms with van der Waals surface area (Å²) in [5.41, 5.74) is 0. The van der Waals surface area contributed by atoms with E-state index in [0.29, 0.717) is 43.6 Å². The molecule has 100 valence electrons. The Kier molecular flexibility index (Phi) is 4.39. The zero-order chi connectivity index (χ0) is 13.0. The zero-order valence-electron chi connectivity index (χ0n) is 10.5. The second kappa shape index (κ2) is 6.03. The van der Waals surface area contributed by atoms with Crippen molar-refractivity contribution in [1.29, 1.82) is 0 Å². The molecule has 0 aromatic carbocycles. The Morgan fingerprint density at radius 2 is 1.94 bits per heavy atom. The van der Waals surface area contributed by atoms with Gasteiger partial charge in [-0.3, -0.25) is 9.59 Å². The van der Waals surface area contributed by atoms with Crippen LogP contribution in [0.4, 0.5) is 0 Å². The van der Waals surface area contributed by atoms with Gasteiger partial charge in [-0.1, -0.05) is 12.2 Å². The molecule has 4 heteroatoms. The predicted octanol–water partition coefficient (Wildman–Crippen LogP) is 2.39. The van der Waals surface area contributed by atoms with Crippen LogP contribution in [0, 0.1) is 17.8 Å². The Bertz CT molecular complexity index is 348. The molecular weight excluding hydrogens is 232 g/mol. The summed E-state index contributed by atoms with van der Waals surface area (Å²) in [7, 11) is 0. The van der Waals surface area contributed by atoms with Crippen LogP contribution in [-0.2, 0) is 14.3 Å². The molecule has 0 heterocycles. The first-order valence-electron chi connectivity index (χ1n) is 6.71. The largest absolute Gasteiger partial charge is 0.481 e. The molecule has 1 fully saturated rings. The number of carbonyl (C=O) groups is 2. The number of esters is 1. The minimum atomic E-state index is -0.808. The molecular formula is C14H20O4. The van der Waals surface area contributed by atoms with Gasteiger partial charge in [0.15, 0.2) is 0 Å². The third kappa shape index (κ3) is 3.59. The van der Waals surface area contributed by atoms with Gasteiger partial charge in [0.1, 0.15) is 0 Å². The number of aliphatic carboxylic acids is 1. The summed E-state index contributed by atoms with van der Waals surface area (Å²) in [6.07, 6.45) is 8.50. The van der Waals surface area contributed by atoms with Gasteiger partial charge < -0.3 is 9.84 Å². The van der Waals surface area contributed by atoms with E-state index in [1.165, 1.54) is 6.42 Å². The number of allylic oxidation sites excluding steroid dienone is 2. The SMILES string of the molecule is O=C(O)CCCCC(=O)OCC1CC2C=CC1C2. The van der Waals surface area contributed by atoms with Gasteiger partial charge in [0.25, 0.3) is 0 Å². The summed E-state index contributed by atoms with van der Waals surface area (Å²) in [5, 5.41) is 8.46. The number of hydrogen-bond acceptors (Lipinski definition) is 3. The number of hydrogen-bond donors (Lipinski definition) is 1. The fraction of sp³-hybridized carbons (Fsp3) is 0.714. The average molecular weight is 252 g/mol. The van der Waals surface area contributed by atoms with Crippen molar-refractivity contribution in [2.75, 3.05) is 6.61 Å². The molecule has 1 N–H and O–H groups in total. The van der Waals surface area contributed by atoms with E-state index in [1.54, 1.807) is 0 Å². The number of carboxylic acid groups (broad SMARTS) is 1. The molecule has 3 unspecified atom stereocenters. The third-order valence-electron chi connectivity index (χ3n) is 3.90. The van der Waals surface area contributed by atoms with E-state index in [4.69, 9.17) is 9.84 Å². The molecule has 3 atom stereocenters. The zero-order valence-corrected chi connectivity index (χ0v) is 10.5. The topological polar surface area (TPSA) is 63.6 Å². The van der Waals surface area contributed by atoms with E-state index < -0.39 is 5.97 Å². The highest BCUT2D eigenvalue weighted by atomic mass is 16.5. The quantitative estimate of drug-likeness (QED) is 0.429. The first-order chi connectivity index (χ1) is 8.65. The lowest BCUT2D eigenvalue weighted by Gasteiger charge is -2.17. The summed E-state index contributed by atoms with van der Waals surface area (Å²) in [6.45, 7) is 0.531. The fourth-order valence-electron chi connectivity index (χ4n) is 2.90. The van der Waals surface area contributed by atoms with Gasteiger partial charge in [0.05, 0.1) is 6.61 Å². The lowest BCUT2D eigenvalue weighted by molar-refractivity contribution is -0.145. The standard InChI is InChI=1S/C14H20O4/c15-13(16)3-1-2-4-14(17)18-9-12-8-10-5-6-11(12)7-10/h5-6,10-12H,1-4,7-9H2,(H,15,16). The van der Waals surface area contributed by atoms with Crippen LogP contribution in [0.5, 0.6) is 0 Å². The van der Waals surface area contributed by atoms with Gasteiger partial charge >= 0.3 is 11.9 Å². The first-order valence-corrected chi connectivity index (χ1v) is 6.71. The maximum absolute atomic E-state index is 11.5. The molecule has 0 amide bonds. The van der Waals surface area contributed by atoms with Gasteiger partial charge in [0, 0.05) is 12.8 Å². The molecule has 1 saturated carbocycles. The highest BCUT2D eigenvalue weighted by molar-refractivity contribution is 5.69. The Morgan fingerprint density at radius 1 is 1.17 bits per heavy atom. The number of fused-ring (bicyclic) bond motifs is 2. The van der Waals surface area contributed by atoms with Crippen LogP contribution >= 0.6 is 0 Å². The fourth-order valence-corrected chi connectivity index (χ4v) is 2.90. The maximum atomic E-state index is 11.5. The third-order valence-corrected chi connectivity index (χ3v) is 3.90. The van der Waals surface area contributed by atoms with Crippen molar-refractivity contribution in [3.63, 3.8) is 0 Å². The molecule has 2 bridgehead atoms. The van der Waals surface area contributed by atoms with Crippen molar-refractivity contribution >= 4 is 11.9 Å². The molecule has 0 radical (unpaired) electrons. The monoisotopic (exact) mass is 252 g/mol. The Morgan fingerprint density at radius 3 is 2.56 bits per heavy atom. The molecule has 4 nitrogen and oxygen atoms in total. The Balaban J connectivity index is 1.55. The van der Waals surface area contributed by atoms with Gasteiger partial charge in [-0.05, 0) is 43.4 Å². The van der Waals surface area contributed by atoms with Crippen LogP contribution < -0.4 is 0 Å². The second-order valence-electron chi connectivity index (χ2n) is 5.32. The Hall–Kier alpha value is -1.32. The van der Waals surface area contributed by atoms with E-state index >= 15 is 0 Å². The molecule has 0 aromatic rings. The van der Waals surface area contributed by atoms with Crippen molar-refractivity contribution in [2.24, 2.45) is 17.8 Å². The van der Waals surface area contributed by atoms with Crippen LogP contribution in [0.15, 0.2) is 12.2 Å². The maximum Gasteiger partial charge on any atom is 0.305 e. The smallest absolute Gasteiger partial charge is 0.305 e. The van der Waals surface area contributed by atoms with Gasteiger partial charge in [0.2, 0.25) is 0 Å². The molecule has 0 saturated heterocycles. The number of ether oxygens (including phenoxy) is 1. The van der Waals surface area contributed by atoms with Crippen molar-refractivity contribution < 1.29 is 19.4 Å². The van der Waals surface area contributed by atoms with Crippen LogP contribution in [0.3, 0.4) is 0 Å². The van der Waals surface area contributed by atoms with Crippen LogP contribution in [0.1, 0.15) is 38.5 Å². The highest BCUT2D eigenvalue weighted by Gasteiger charge is 2.36. The lowest BCUT2D eigenvalue weighted by Crippen LogP contribution is -2.17. The molecule has 2 rings (SSSR count). The molecule has 2 aliphatic rings. The van der Waals surface area contributed by atoms with Crippen molar-refractivity contribution in [3.05, 3.63) is 12.2 Å². The summed E-state index contributed by atoms with van der Waals surface area (Å²) >= 11 is 0. The molecule has 0 aromatic heterocycles. The lowest BCUT2D eigenvalue weighted by atomic mass is 9.95. The first kappa shape index (κ1) is 13.1. The van der Waals surface area contributed by atoms with E-state index in [9.17, 15) is 9.59 Å². The second-order valence-corrected chi connectivity index (χ2v) is 5.32.